The van der Waals surface area contributed by atoms with E-state index in [1.807, 2.05) is 37.6 Å². The standard InChI is InChI=1S/C15H20N4O2S/c1-4-19(10-16)14(20)13(9-22-3)18-15(21)17-12-8-6-5-7-11(12)2/h5-8,13H,4,9H2,1-3H3,(H2,17,18,21). The van der Waals surface area contributed by atoms with Gasteiger partial charge in [0, 0.05) is 18.0 Å². The fraction of sp³-hybridized carbons (Fsp3) is 0.400. The average molecular weight is 320 g/mol. The maximum Gasteiger partial charge on any atom is 0.319 e. The minimum Gasteiger partial charge on any atom is -0.325 e. The monoisotopic (exact) mass is 320 g/mol. The van der Waals surface area contributed by atoms with Crippen LogP contribution < -0.4 is 10.6 Å². The molecule has 1 unspecified atom stereocenters. The molecule has 1 aromatic rings. The van der Waals surface area contributed by atoms with E-state index in [-0.39, 0.29) is 6.54 Å². The van der Waals surface area contributed by atoms with Gasteiger partial charge in [0.1, 0.15) is 6.04 Å². The molecule has 1 aromatic carbocycles. The zero-order valence-corrected chi connectivity index (χ0v) is 13.7. The predicted molar refractivity (Wildman–Crippen MR) is 88.5 cm³/mol. The molecule has 0 spiro atoms. The zero-order chi connectivity index (χ0) is 16.5. The number of aryl methyl sites for hydroxylation is 1. The number of para-hydroxylation sites is 1. The summed E-state index contributed by atoms with van der Waals surface area (Å²) in [5.41, 5.74) is 1.61. The van der Waals surface area contributed by atoms with E-state index in [1.165, 1.54) is 11.8 Å². The molecule has 0 radical (unpaired) electrons. The minimum absolute atomic E-state index is 0.279. The molecule has 3 amide bonds. The number of amides is 3. The summed E-state index contributed by atoms with van der Waals surface area (Å²) >= 11 is 1.43. The Bertz CT molecular complexity index is 571. The molecule has 0 aromatic heterocycles. The smallest absolute Gasteiger partial charge is 0.319 e. The first-order valence-electron chi connectivity index (χ1n) is 6.86. The van der Waals surface area contributed by atoms with Gasteiger partial charge < -0.3 is 10.6 Å². The van der Waals surface area contributed by atoms with Gasteiger partial charge in [0.05, 0.1) is 0 Å². The Morgan fingerprint density at radius 2 is 2.09 bits per heavy atom. The molecule has 0 saturated carbocycles. The lowest BCUT2D eigenvalue weighted by molar-refractivity contribution is -0.129. The van der Waals surface area contributed by atoms with Crippen LogP contribution in [0.3, 0.4) is 0 Å². The Morgan fingerprint density at radius 3 is 2.64 bits per heavy atom. The van der Waals surface area contributed by atoms with Crippen LogP contribution in [0.1, 0.15) is 12.5 Å². The van der Waals surface area contributed by atoms with E-state index in [4.69, 9.17) is 5.26 Å². The van der Waals surface area contributed by atoms with E-state index in [2.05, 4.69) is 10.6 Å². The number of carbonyl (C=O) groups excluding carboxylic acids is 2. The first kappa shape index (κ1) is 17.9. The van der Waals surface area contributed by atoms with E-state index < -0.39 is 18.0 Å². The van der Waals surface area contributed by atoms with Gasteiger partial charge in [-0.3, -0.25) is 4.79 Å². The SMILES string of the molecule is CCN(C#N)C(=O)C(CSC)NC(=O)Nc1ccccc1C. The van der Waals surface area contributed by atoms with E-state index >= 15 is 0 Å². The van der Waals surface area contributed by atoms with Gasteiger partial charge in [0.25, 0.3) is 5.91 Å². The third-order valence-corrected chi connectivity index (χ3v) is 3.70. The lowest BCUT2D eigenvalue weighted by atomic mass is 10.2. The Hall–Kier alpha value is -2.20. The molecule has 6 nitrogen and oxygen atoms in total. The summed E-state index contributed by atoms with van der Waals surface area (Å²) in [6.45, 7) is 3.88. The normalized spacial score (nSPS) is 11.2. The predicted octanol–water partition coefficient (Wildman–Crippen LogP) is 2.18. The summed E-state index contributed by atoms with van der Waals surface area (Å²) in [7, 11) is 0. The largest absolute Gasteiger partial charge is 0.325 e. The molecule has 0 fully saturated rings. The van der Waals surface area contributed by atoms with Crippen molar-refractivity contribution in [2.24, 2.45) is 0 Å². The Kier molecular flexibility index (Phi) is 7.26. The van der Waals surface area contributed by atoms with Gasteiger partial charge in [0.2, 0.25) is 0 Å². The summed E-state index contributed by atoms with van der Waals surface area (Å²) < 4.78 is 0. The second-order valence-electron chi connectivity index (χ2n) is 4.60. The van der Waals surface area contributed by atoms with Gasteiger partial charge in [-0.15, -0.1) is 0 Å². The maximum absolute atomic E-state index is 12.2. The number of carbonyl (C=O) groups is 2. The topological polar surface area (TPSA) is 85.2 Å². The van der Waals surface area contributed by atoms with Crippen LogP contribution in [0.25, 0.3) is 0 Å². The lowest BCUT2D eigenvalue weighted by Gasteiger charge is -2.21. The average Bonchev–Trinajstić information content (AvgIpc) is 2.50. The number of rotatable bonds is 6. The summed E-state index contributed by atoms with van der Waals surface area (Å²) in [6.07, 6.45) is 3.66. The van der Waals surface area contributed by atoms with Crippen LogP contribution in [-0.2, 0) is 4.79 Å². The molecule has 0 aliphatic heterocycles. The molecule has 0 bridgehead atoms. The van der Waals surface area contributed by atoms with Crippen molar-refractivity contribution >= 4 is 29.4 Å². The zero-order valence-electron chi connectivity index (χ0n) is 12.9. The second-order valence-corrected chi connectivity index (χ2v) is 5.51. The molecule has 1 atom stereocenters. The fourth-order valence-electron chi connectivity index (χ4n) is 1.84. The molecule has 7 heteroatoms. The summed E-state index contributed by atoms with van der Waals surface area (Å²) in [5, 5.41) is 14.3. The molecule has 2 N–H and O–H groups in total. The number of anilines is 1. The van der Waals surface area contributed by atoms with E-state index in [0.29, 0.717) is 11.4 Å². The van der Waals surface area contributed by atoms with Crippen molar-refractivity contribution in [3.8, 4) is 6.19 Å². The highest BCUT2D eigenvalue weighted by atomic mass is 32.2. The Labute approximate surface area is 134 Å². The van der Waals surface area contributed by atoms with Crippen molar-refractivity contribution in [2.75, 3.05) is 23.9 Å². The number of benzene rings is 1. The number of hydrogen-bond acceptors (Lipinski definition) is 4. The fourth-order valence-corrected chi connectivity index (χ4v) is 2.39. The molecule has 0 aliphatic rings. The molecular formula is C15H20N4O2S. The van der Waals surface area contributed by atoms with Crippen LogP contribution >= 0.6 is 11.8 Å². The maximum atomic E-state index is 12.2. The molecule has 1 rings (SSSR count). The Balaban J connectivity index is 2.74. The van der Waals surface area contributed by atoms with Crippen LogP contribution in [0.2, 0.25) is 0 Å². The van der Waals surface area contributed by atoms with Crippen LogP contribution in [0.5, 0.6) is 0 Å². The number of nitriles is 1. The summed E-state index contributed by atoms with van der Waals surface area (Å²) in [6, 6.07) is 6.17. The van der Waals surface area contributed by atoms with E-state index in [9.17, 15) is 9.59 Å². The highest BCUT2D eigenvalue weighted by molar-refractivity contribution is 7.98. The van der Waals surface area contributed by atoms with E-state index in [0.717, 1.165) is 10.5 Å². The first-order valence-corrected chi connectivity index (χ1v) is 8.26. The molecular weight excluding hydrogens is 300 g/mol. The molecule has 0 saturated heterocycles. The van der Waals surface area contributed by atoms with Crippen molar-refractivity contribution in [3.05, 3.63) is 29.8 Å². The minimum atomic E-state index is -0.737. The lowest BCUT2D eigenvalue weighted by Crippen LogP contribution is -2.49. The van der Waals surface area contributed by atoms with Crippen molar-refractivity contribution in [2.45, 2.75) is 19.9 Å². The van der Waals surface area contributed by atoms with Crippen LogP contribution in [0, 0.1) is 18.4 Å². The van der Waals surface area contributed by atoms with E-state index in [1.54, 1.807) is 13.0 Å². The Morgan fingerprint density at radius 1 is 1.41 bits per heavy atom. The molecule has 0 heterocycles. The molecule has 22 heavy (non-hydrogen) atoms. The number of urea groups is 1. The van der Waals surface area contributed by atoms with Gasteiger partial charge in [-0.2, -0.15) is 17.0 Å². The van der Waals surface area contributed by atoms with Crippen molar-refractivity contribution in [1.82, 2.24) is 10.2 Å². The second kappa shape index (κ2) is 8.95. The number of thioether (sulfide) groups is 1. The van der Waals surface area contributed by atoms with Gasteiger partial charge in [0.15, 0.2) is 6.19 Å². The van der Waals surface area contributed by atoms with Crippen LogP contribution in [0.4, 0.5) is 10.5 Å². The number of likely N-dealkylation sites (N-methyl/N-ethyl adjacent to an activating group) is 1. The number of nitrogens with one attached hydrogen (secondary N) is 2. The summed E-state index contributed by atoms with van der Waals surface area (Å²) in [5.74, 6) is -0.00244. The van der Waals surface area contributed by atoms with Gasteiger partial charge in [-0.25, -0.2) is 9.69 Å². The highest BCUT2D eigenvalue weighted by Crippen LogP contribution is 2.13. The molecule has 118 valence electrons. The third-order valence-electron chi connectivity index (χ3n) is 3.03. The van der Waals surface area contributed by atoms with Gasteiger partial charge in [-0.1, -0.05) is 18.2 Å². The third kappa shape index (κ3) is 4.97. The van der Waals surface area contributed by atoms with Gasteiger partial charge in [-0.05, 0) is 31.7 Å². The quantitative estimate of drug-likeness (QED) is 0.621. The van der Waals surface area contributed by atoms with Crippen LogP contribution in [0.15, 0.2) is 24.3 Å². The van der Waals surface area contributed by atoms with Crippen molar-refractivity contribution in [3.63, 3.8) is 0 Å². The number of hydrogen-bond donors (Lipinski definition) is 2. The molecule has 0 aliphatic carbocycles. The first-order chi connectivity index (χ1) is 10.5. The van der Waals surface area contributed by atoms with Crippen molar-refractivity contribution in [1.29, 1.82) is 5.26 Å². The summed E-state index contributed by atoms with van der Waals surface area (Å²) in [4.78, 5) is 25.3. The highest BCUT2D eigenvalue weighted by Gasteiger charge is 2.25. The number of nitrogens with zero attached hydrogens (tertiary/aromatic N) is 2. The van der Waals surface area contributed by atoms with Crippen LogP contribution in [-0.4, -0.2) is 41.4 Å². The van der Waals surface area contributed by atoms with Crippen molar-refractivity contribution < 1.29 is 9.59 Å². The van der Waals surface area contributed by atoms with Gasteiger partial charge >= 0.3 is 6.03 Å².